The summed E-state index contributed by atoms with van der Waals surface area (Å²) in [7, 11) is 0. The van der Waals surface area contributed by atoms with E-state index in [1.54, 1.807) is 0 Å². The number of carbonyl (C=O) groups excluding carboxylic acids is 1. The van der Waals surface area contributed by atoms with Crippen LogP contribution in [0, 0.1) is 52.3 Å². The predicted molar refractivity (Wildman–Crippen MR) is 313 cm³/mol. The minimum absolute atomic E-state index is 0.0599. The van der Waals surface area contributed by atoms with Crippen molar-refractivity contribution in [2.45, 2.75) is 295 Å². The zero-order valence-corrected chi connectivity index (χ0v) is 54.3. The molecule has 4 aliphatic carbocycles. The van der Waals surface area contributed by atoms with E-state index in [0.29, 0.717) is 44.1 Å². The lowest BCUT2D eigenvalue weighted by molar-refractivity contribution is -0.414. The second-order valence-electron chi connectivity index (χ2n) is 29.8. The van der Waals surface area contributed by atoms with Crippen molar-refractivity contribution in [1.29, 1.82) is 0 Å². The Hall–Kier alpha value is -1.61. The van der Waals surface area contributed by atoms with Crippen LogP contribution in [0.15, 0.2) is 0 Å². The maximum Gasteiger partial charge on any atom is 0.187 e. The molecule has 0 aromatic heterocycles. The normalized spacial score (nSPS) is 56.9. The van der Waals surface area contributed by atoms with Gasteiger partial charge in [-0.25, -0.2) is 0 Å². The first-order valence-electron chi connectivity index (χ1n) is 34.2. The number of Topliss-reactive ketones (excluding diaryl/α,β-unsaturated/α-hetero) is 1. The third-order valence-electron chi connectivity index (χ3n) is 24.5. The molecule has 8 saturated heterocycles. The first-order valence-corrected chi connectivity index (χ1v) is 34.2. The average Bonchev–Trinajstić information content (AvgIpc) is 1.50. The average molecular weight is 1390 g/mol. The van der Waals surface area contributed by atoms with E-state index >= 15 is 0 Å². The molecule has 12 rings (SSSR count). The summed E-state index contributed by atoms with van der Waals surface area (Å²) in [6.07, 6.45) is -51.5. The van der Waals surface area contributed by atoms with Crippen LogP contribution in [0.3, 0.4) is 0 Å². The summed E-state index contributed by atoms with van der Waals surface area (Å²) < 4.78 is 85.4. The topological polar surface area (TPSA) is 510 Å². The molecule has 42 atom stereocenters. The third kappa shape index (κ3) is 12.9. The lowest BCUT2D eigenvalue weighted by Crippen LogP contribution is -2.69. The van der Waals surface area contributed by atoms with E-state index in [4.69, 9.17) is 66.3 Å². The largest absolute Gasteiger partial charge is 0.394 e. The van der Waals surface area contributed by atoms with Crippen molar-refractivity contribution in [2.24, 2.45) is 52.3 Å². The molecular formula is C63H102O33. The van der Waals surface area contributed by atoms with Crippen molar-refractivity contribution in [1.82, 2.24) is 0 Å². The lowest BCUT2D eigenvalue weighted by Gasteiger charge is -2.60. The molecule has 8 aliphatic heterocycles. The van der Waals surface area contributed by atoms with Crippen molar-refractivity contribution in [3.63, 3.8) is 0 Å². The SMILES string of the molecule is C[C@@H]1CC[C@@]2(OC1)O[C@H]1C[C@H]3[C@@H]4CC[C@H]5C[C@@H](O[C@@H]6O[C@H](CO)[C@H](O[C@@H]7O[C@H](CO)[C@@H](O)[C@H](O[C@@H]8O[C@H](CO)[C@@H](O[C@@H]9O[C@@H](C)[C@H](O)[C@@H](O)[C@H]9O)[C@H](O)[C@H]8O)[C@H]7O[C@@H]7O[C@H](CO)[C@@H](O)[C@H](O[C@@H]8O[C@H](CO)[C@@H](O)[C@H](O)[C@H]8O)[C@H]7O)[C@H](O)[C@H]6O)CC[C@]5(C)[C@H]4CC(=O)[C@]3(C)[C@H]1[C@@H]2C. The van der Waals surface area contributed by atoms with Gasteiger partial charge in [0, 0.05) is 30.1 Å². The van der Waals surface area contributed by atoms with Gasteiger partial charge in [-0.2, -0.15) is 0 Å². The van der Waals surface area contributed by atoms with E-state index in [-0.39, 0.29) is 46.9 Å². The molecule has 18 N–H and O–H groups in total. The number of hydrogen-bond donors (Lipinski definition) is 18. The Labute approximate surface area is 553 Å². The standard InChI is InChI=1S/C63H102O33/c1-21-8-11-63(83-20-21)22(2)36-29(96-63)13-28-26-7-6-24-12-25(9-10-61(24,4)27(26)14-35(69)62(28,36)5)85-56-47(80)43(76)51(34(19-68)89-56)92-60-54(95-59-49(82)52(39(72)31(16-65)87-59)93-57-46(79)42(75)38(71)30(15-64)86-57)53(40(73)32(17-66)88-60)94-58-48(81)44(77)50(33(18-67)90-58)91-55-45(78)41(74)37(70)23(3)84-55/h21-34,36-60,64-68,70-82H,6-20H2,1-5H3/t21-,22+,23+,24+,25+,26-,27+,28+,29+,30-,31-,32-,33-,34-,36+,37+,38-,39-,40-,41-,42+,43-,44-,45-,46-,47-,48-,49-,50-,51+,52+,53+,54-,55+,56-,57+,58+,59+,60+,61+,62-,63-/m1/s1. The molecule has 1 spiro atoms. The first-order chi connectivity index (χ1) is 45.6. The summed E-state index contributed by atoms with van der Waals surface area (Å²) in [6.45, 7) is 5.87. The summed E-state index contributed by atoms with van der Waals surface area (Å²) in [4.78, 5) is 14.9. The molecule has 12 aliphatic rings. The van der Waals surface area contributed by atoms with Crippen molar-refractivity contribution in [3.05, 3.63) is 0 Å². The maximum atomic E-state index is 14.9. The number of ketones is 1. The van der Waals surface area contributed by atoms with Gasteiger partial charge in [-0.05, 0) is 86.9 Å². The van der Waals surface area contributed by atoms with Crippen LogP contribution in [-0.4, -0.2) is 340 Å². The highest BCUT2D eigenvalue weighted by Crippen LogP contribution is 2.70. The minimum atomic E-state index is -2.29. The Morgan fingerprint density at radius 1 is 0.438 bits per heavy atom. The van der Waals surface area contributed by atoms with E-state index < -0.39 is 235 Å². The number of carbonyl (C=O) groups is 1. The number of fused-ring (bicyclic) bond motifs is 7. The molecule has 33 nitrogen and oxygen atoms in total. The zero-order valence-electron chi connectivity index (χ0n) is 54.3. The predicted octanol–water partition coefficient (Wildman–Crippen LogP) is -7.05. The molecule has 33 heteroatoms. The molecule has 12 fully saturated rings. The molecule has 8 heterocycles. The van der Waals surface area contributed by atoms with Crippen molar-refractivity contribution >= 4 is 5.78 Å². The minimum Gasteiger partial charge on any atom is -0.394 e. The molecular weight excluding hydrogens is 1280 g/mol. The summed E-state index contributed by atoms with van der Waals surface area (Å²) in [5.74, 6) is 0.886. The van der Waals surface area contributed by atoms with Gasteiger partial charge in [0.1, 0.15) is 146 Å². The first kappa shape index (κ1) is 74.1. The second-order valence-corrected chi connectivity index (χ2v) is 29.8. The smallest absolute Gasteiger partial charge is 0.187 e. The van der Waals surface area contributed by atoms with Crippen LogP contribution in [-0.2, 0) is 71.1 Å². The number of hydrogen-bond acceptors (Lipinski definition) is 33. The van der Waals surface area contributed by atoms with Crippen LogP contribution in [0.4, 0.5) is 0 Å². The van der Waals surface area contributed by atoms with Gasteiger partial charge in [0.25, 0.3) is 0 Å². The highest BCUT2D eigenvalue weighted by molar-refractivity contribution is 5.87. The van der Waals surface area contributed by atoms with Gasteiger partial charge in [0.15, 0.2) is 43.5 Å². The van der Waals surface area contributed by atoms with Crippen molar-refractivity contribution < 1.29 is 163 Å². The van der Waals surface area contributed by atoms with E-state index in [0.717, 1.165) is 32.1 Å². The molecule has 0 bridgehead atoms. The summed E-state index contributed by atoms with van der Waals surface area (Å²) in [5, 5.41) is 199. The Balaban J connectivity index is 0.766. The lowest BCUT2D eigenvalue weighted by atomic mass is 9.44. The van der Waals surface area contributed by atoms with Gasteiger partial charge in [-0.1, -0.05) is 27.7 Å². The van der Waals surface area contributed by atoms with Crippen molar-refractivity contribution in [3.8, 4) is 0 Å². The van der Waals surface area contributed by atoms with Crippen molar-refractivity contribution in [2.75, 3.05) is 39.6 Å². The Kier molecular flexibility index (Phi) is 22.5. The fourth-order valence-electron chi connectivity index (χ4n) is 18.7. The number of aliphatic hydroxyl groups is 18. The number of ether oxygens (including phenoxy) is 14. The van der Waals surface area contributed by atoms with Gasteiger partial charge in [0.05, 0.1) is 58.0 Å². The van der Waals surface area contributed by atoms with E-state index in [9.17, 15) is 96.7 Å². The van der Waals surface area contributed by atoms with Crippen LogP contribution in [0.2, 0.25) is 0 Å². The molecule has 0 radical (unpaired) electrons. The molecule has 0 aromatic rings. The Bertz CT molecular complexity index is 2590. The van der Waals surface area contributed by atoms with Crippen LogP contribution >= 0.6 is 0 Å². The van der Waals surface area contributed by atoms with E-state index in [1.807, 2.05) is 0 Å². The van der Waals surface area contributed by atoms with Crippen LogP contribution in [0.5, 0.6) is 0 Å². The van der Waals surface area contributed by atoms with Crippen LogP contribution in [0.25, 0.3) is 0 Å². The number of aliphatic hydroxyl groups excluding tert-OH is 18. The monoisotopic (exact) mass is 1390 g/mol. The highest BCUT2D eigenvalue weighted by Gasteiger charge is 2.72. The summed E-state index contributed by atoms with van der Waals surface area (Å²) >= 11 is 0. The number of rotatable bonds is 17. The fourth-order valence-corrected chi connectivity index (χ4v) is 18.7. The van der Waals surface area contributed by atoms with E-state index in [2.05, 4.69) is 27.7 Å². The summed E-state index contributed by atoms with van der Waals surface area (Å²) in [5.41, 5.74) is -0.770. The van der Waals surface area contributed by atoms with Gasteiger partial charge in [-0.3, -0.25) is 4.79 Å². The molecule has 0 aromatic carbocycles. The maximum absolute atomic E-state index is 14.9. The molecule has 96 heavy (non-hydrogen) atoms. The Morgan fingerprint density at radius 2 is 0.917 bits per heavy atom. The third-order valence-corrected chi connectivity index (χ3v) is 24.5. The van der Waals surface area contributed by atoms with Gasteiger partial charge in [0.2, 0.25) is 0 Å². The quantitative estimate of drug-likeness (QED) is 0.0602. The van der Waals surface area contributed by atoms with Crippen LogP contribution < -0.4 is 0 Å². The molecule has 0 unspecified atom stereocenters. The molecule has 0 amide bonds. The van der Waals surface area contributed by atoms with Gasteiger partial charge >= 0.3 is 0 Å². The molecule has 4 saturated carbocycles. The van der Waals surface area contributed by atoms with E-state index in [1.165, 1.54) is 6.92 Å². The molecule has 552 valence electrons. The fraction of sp³-hybridized carbons (Fsp3) is 0.984. The van der Waals surface area contributed by atoms with Gasteiger partial charge in [-0.15, -0.1) is 0 Å². The second kappa shape index (κ2) is 29.1. The zero-order chi connectivity index (χ0) is 69.1. The summed E-state index contributed by atoms with van der Waals surface area (Å²) in [6, 6.07) is 0. The van der Waals surface area contributed by atoms with Crippen LogP contribution in [0.1, 0.15) is 92.4 Å². The highest BCUT2D eigenvalue weighted by atomic mass is 16.8. The Morgan fingerprint density at radius 3 is 1.50 bits per heavy atom. The van der Waals surface area contributed by atoms with Gasteiger partial charge < -0.3 is 158 Å².